The van der Waals surface area contributed by atoms with Crippen LogP contribution in [-0.4, -0.2) is 72.9 Å². The lowest BCUT2D eigenvalue weighted by molar-refractivity contribution is -0.142. The number of carbonyl (C=O) groups is 4. The molecule has 0 N–H and O–H groups in total. The molecule has 180 valence electrons. The molecule has 0 unspecified atom stereocenters. The van der Waals surface area contributed by atoms with E-state index in [0.717, 1.165) is 24.3 Å². The number of rotatable bonds is 6. The highest BCUT2D eigenvalue weighted by Crippen LogP contribution is 2.13. The summed E-state index contributed by atoms with van der Waals surface area (Å²) in [6, 6.07) is 4.60. The van der Waals surface area contributed by atoms with Crippen molar-refractivity contribution in [1.82, 2.24) is 9.80 Å². The summed E-state index contributed by atoms with van der Waals surface area (Å²) in [6.07, 6.45) is 0. The van der Waals surface area contributed by atoms with Crippen LogP contribution in [0.3, 0.4) is 0 Å². The van der Waals surface area contributed by atoms with Gasteiger partial charge in [0.2, 0.25) is 0 Å². The average Bonchev–Trinajstić information content (AvgIpc) is 2.80. The minimum atomic E-state index is -1.13. The van der Waals surface area contributed by atoms with Gasteiger partial charge in [0.05, 0.1) is 11.1 Å². The first-order valence-electron chi connectivity index (χ1n) is 9.95. The number of nitrogens with zero attached hydrogens (tertiary/aromatic N) is 2. The molecule has 8 nitrogen and oxygen atoms in total. The minimum absolute atomic E-state index is 0.0908. The number of hydrogen-bond acceptors (Lipinski definition) is 6. The van der Waals surface area contributed by atoms with Crippen molar-refractivity contribution in [2.75, 3.05) is 39.4 Å². The van der Waals surface area contributed by atoms with Crippen LogP contribution in [0.15, 0.2) is 36.4 Å². The molecule has 34 heavy (non-hydrogen) atoms. The van der Waals surface area contributed by atoms with Crippen LogP contribution in [0.5, 0.6) is 0 Å². The van der Waals surface area contributed by atoms with E-state index < -0.39 is 71.4 Å². The fourth-order valence-corrected chi connectivity index (χ4v) is 3.11. The van der Waals surface area contributed by atoms with Gasteiger partial charge in [0.25, 0.3) is 11.8 Å². The van der Waals surface area contributed by atoms with Gasteiger partial charge in [-0.05, 0) is 24.3 Å². The normalized spacial score (nSPS) is 13.4. The third-order valence-corrected chi connectivity index (χ3v) is 4.94. The van der Waals surface area contributed by atoms with Gasteiger partial charge >= 0.3 is 11.9 Å². The Kier molecular flexibility index (Phi) is 7.82. The Morgan fingerprint density at radius 2 is 1.00 bits per heavy atom. The highest BCUT2D eigenvalue weighted by Gasteiger charge is 2.26. The third-order valence-electron chi connectivity index (χ3n) is 4.94. The summed E-state index contributed by atoms with van der Waals surface area (Å²) in [6.45, 7) is -0.989. The van der Waals surface area contributed by atoms with Crippen molar-refractivity contribution in [1.29, 1.82) is 0 Å². The summed E-state index contributed by atoms with van der Waals surface area (Å²) in [5, 5.41) is 0. The lowest BCUT2D eigenvalue weighted by atomic mass is 10.2. The Hall–Kier alpha value is -3.96. The van der Waals surface area contributed by atoms with E-state index in [-0.39, 0.29) is 26.2 Å². The van der Waals surface area contributed by atoms with Gasteiger partial charge in [0.1, 0.15) is 23.3 Å². The number of carbonyl (C=O) groups excluding carboxylic acids is 4. The zero-order valence-electron chi connectivity index (χ0n) is 17.6. The van der Waals surface area contributed by atoms with Crippen molar-refractivity contribution >= 4 is 23.8 Å². The van der Waals surface area contributed by atoms with E-state index >= 15 is 0 Å². The van der Waals surface area contributed by atoms with E-state index in [4.69, 9.17) is 9.47 Å². The van der Waals surface area contributed by atoms with Gasteiger partial charge in [-0.3, -0.25) is 9.59 Å². The van der Waals surface area contributed by atoms with Crippen molar-refractivity contribution in [3.8, 4) is 0 Å². The summed E-state index contributed by atoms with van der Waals surface area (Å²) in [7, 11) is 0. The molecule has 2 aromatic rings. The summed E-state index contributed by atoms with van der Waals surface area (Å²) in [5.74, 6) is -7.38. The zero-order valence-corrected chi connectivity index (χ0v) is 17.6. The molecule has 0 saturated carbocycles. The van der Waals surface area contributed by atoms with Gasteiger partial charge in [0.15, 0.2) is 13.2 Å². The Bertz CT molecular complexity index is 1030. The Labute approximate surface area is 190 Å². The maximum absolute atomic E-state index is 13.6. The highest BCUT2D eigenvalue weighted by molar-refractivity contribution is 5.92. The van der Waals surface area contributed by atoms with Crippen molar-refractivity contribution in [2.45, 2.75) is 0 Å². The number of ether oxygens (including phenoxy) is 2. The maximum atomic E-state index is 13.6. The van der Waals surface area contributed by atoms with Crippen molar-refractivity contribution in [2.24, 2.45) is 0 Å². The largest absolute Gasteiger partial charge is 0.452 e. The van der Waals surface area contributed by atoms with E-state index in [1.807, 2.05) is 0 Å². The molecule has 0 bridgehead atoms. The summed E-state index contributed by atoms with van der Waals surface area (Å²) < 4.78 is 62.6. The van der Waals surface area contributed by atoms with Crippen molar-refractivity contribution in [3.63, 3.8) is 0 Å². The standard InChI is InChI=1S/C22H18F4N2O6/c23-13-1-3-15(17(25)9-13)21(31)33-11-19(29)27-5-7-28(8-6-27)20(30)12-34-22(32)16-4-2-14(24)10-18(16)26/h1-4,9-10H,5-8,11-12H2. The molecular weight excluding hydrogens is 464 g/mol. The van der Waals surface area contributed by atoms with Crippen LogP contribution in [0, 0.1) is 23.3 Å². The Morgan fingerprint density at radius 3 is 1.32 bits per heavy atom. The summed E-state index contributed by atoms with van der Waals surface area (Å²) in [5.41, 5.74) is -1.03. The molecule has 1 heterocycles. The molecule has 3 rings (SSSR count). The lowest BCUT2D eigenvalue weighted by Gasteiger charge is -2.34. The molecular formula is C22H18F4N2O6. The van der Waals surface area contributed by atoms with E-state index in [2.05, 4.69) is 0 Å². The molecule has 0 aliphatic carbocycles. The van der Waals surface area contributed by atoms with E-state index in [1.54, 1.807) is 0 Å². The SMILES string of the molecule is O=C(OCC(=O)N1CCN(C(=O)COC(=O)c2ccc(F)cc2F)CC1)c1ccc(F)cc1F. The fraction of sp³-hybridized carbons (Fsp3) is 0.273. The van der Waals surface area contributed by atoms with Crippen molar-refractivity contribution < 1.29 is 46.2 Å². The third kappa shape index (κ3) is 6.09. The molecule has 1 aliphatic rings. The number of halogens is 4. The van der Waals surface area contributed by atoms with Crippen molar-refractivity contribution in [3.05, 3.63) is 70.8 Å². The molecule has 0 aromatic heterocycles. The van der Waals surface area contributed by atoms with Crippen LogP contribution >= 0.6 is 0 Å². The molecule has 0 radical (unpaired) electrons. The molecule has 1 fully saturated rings. The Balaban J connectivity index is 1.42. The zero-order chi connectivity index (χ0) is 24.8. The van der Waals surface area contributed by atoms with Gasteiger partial charge in [-0.2, -0.15) is 0 Å². The van der Waals surface area contributed by atoms with Crippen LogP contribution in [0.1, 0.15) is 20.7 Å². The second-order valence-corrected chi connectivity index (χ2v) is 7.16. The van der Waals surface area contributed by atoms with Gasteiger partial charge in [-0.1, -0.05) is 0 Å². The number of benzene rings is 2. The minimum Gasteiger partial charge on any atom is -0.452 e. The number of esters is 2. The lowest BCUT2D eigenvalue weighted by Crippen LogP contribution is -2.52. The van der Waals surface area contributed by atoms with E-state index in [0.29, 0.717) is 12.1 Å². The van der Waals surface area contributed by atoms with Gasteiger partial charge < -0.3 is 19.3 Å². The second-order valence-electron chi connectivity index (χ2n) is 7.16. The summed E-state index contributed by atoms with van der Waals surface area (Å²) >= 11 is 0. The van der Waals surface area contributed by atoms with Crippen LogP contribution in [0.2, 0.25) is 0 Å². The monoisotopic (exact) mass is 482 g/mol. The molecule has 2 aromatic carbocycles. The molecule has 12 heteroatoms. The predicted octanol–water partition coefficient (Wildman–Crippen LogP) is 1.93. The van der Waals surface area contributed by atoms with E-state index in [1.165, 1.54) is 9.80 Å². The quantitative estimate of drug-likeness (QED) is 0.462. The first-order chi connectivity index (χ1) is 16.2. The number of piperazine rings is 1. The molecule has 0 spiro atoms. The summed E-state index contributed by atoms with van der Waals surface area (Å²) in [4.78, 5) is 50.9. The van der Waals surface area contributed by atoms with Gasteiger partial charge in [-0.15, -0.1) is 0 Å². The van der Waals surface area contributed by atoms with Crippen LogP contribution in [0.4, 0.5) is 17.6 Å². The van der Waals surface area contributed by atoms with Gasteiger partial charge in [-0.25, -0.2) is 27.2 Å². The average molecular weight is 482 g/mol. The molecule has 2 amide bonds. The molecule has 1 saturated heterocycles. The van der Waals surface area contributed by atoms with Crippen LogP contribution in [0.25, 0.3) is 0 Å². The van der Waals surface area contributed by atoms with Crippen LogP contribution in [-0.2, 0) is 19.1 Å². The fourth-order valence-electron chi connectivity index (χ4n) is 3.11. The number of hydrogen-bond donors (Lipinski definition) is 0. The topological polar surface area (TPSA) is 93.2 Å². The van der Waals surface area contributed by atoms with E-state index in [9.17, 15) is 36.7 Å². The predicted molar refractivity (Wildman–Crippen MR) is 106 cm³/mol. The first-order valence-corrected chi connectivity index (χ1v) is 9.95. The second kappa shape index (κ2) is 10.8. The van der Waals surface area contributed by atoms with Gasteiger partial charge in [0, 0.05) is 38.3 Å². The van der Waals surface area contributed by atoms with Crippen LogP contribution < -0.4 is 0 Å². The molecule has 0 atom stereocenters. The highest BCUT2D eigenvalue weighted by atomic mass is 19.1. The Morgan fingerprint density at radius 1 is 0.647 bits per heavy atom. The smallest absolute Gasteiger partial charge is 0.341 e. The molecule has 1 aliphatic heterocycles. The first kappa shape index (κ1) is 24.7. The number of amides is 2. The maximum Gasteiger partial charge on any atom is 0.341 e.